The van der Waals surface area contributed by atoms with Crippen molar-refractivity contribution in [3.63, 3.8) is 0 Å². The van der Waals surface area contributed by atoms with Gasteiger partial charge in [0.05, 0.1) is 6.61 Å². The Kier molecular flexibility index (Phi) is 25.3. The van der Waals surface area contributed by atoms with Crippen molar-refractivity contribution >= 4 is 19.8 Å². The highest BCUT2D eigenvalue weighted by Gasteiger charge is 2.51. The highest BCUT2D eigenvalue weighted by molar-refractivity contribution is 7.47. The predicted octanol–water partition coefficient (Wildman–Crippen LogP) is 4.82. The Hall–Kier alpha value is -2.71. The van der Waals surface area contributed by atoms with Crippen LogP contribution in [0, 0.1) is 0 Å². The first-order valence-corrected chi connectivity index (χ1v) is 19.3. The number of aliphatic hydroxyl groups is 5. The summed E-state index contributed by atoms with van der Waals surface area (Å²) in [5.41, 5.74) is 0. The van der Waals surface area contributed by atoms with Crippen molar-refractivity contribution in [2.24, 2.45) is 0 Å². The summed E-state index contributed by atoms with van der Waals surface area (Å²) in [6.07, 6.45) is 18.8. The molecule has 0 aliphatic heterocycles. The standard InChI is InChI=1S/C37H59O13P/c1-3-5-7-9-11-13-14-15-16-18-20-22-24-26-31(39)49-29(27-47-30(38)25-23-21-19-17-12-10-8-6-4-2)28-48-51(45,46)50-37-35(43)33(41)32(40)34(42)36(37)44/h5,7,9,11,13-20,29,32-37,40-44H,3-4,6,8,10,12,21-28H2,1-2H3,(H,45,46)/b7-5+,11-9+,14-13+,16-15+,19-17+,20-18+/t29?,32?,33-,34?,35?,36?,37?/m1/s1. The van der Waals surface area contributed by atoms with E-state index in [1.165, 1.54) is 19.3 Å². The van der Waals surface area contributed by atoms with Crippen LogP contribution in [0.3, 0.4) is 0 Å². The van der Waals surface area contributed by atoms with Crippen molar-refractivity contribution in [1.29, 1.82) is 0 Å². The molecule has 13 nitrogen and oxygen atoms in total. The Morgan fingerprint density at radius 3 is 1.73 bits per heavy atom. The number of carbonyl (C=O) groups excluding carboxylic acids is 2. The number of allylic oxidation sites excluding steroid dienone is 12. The van der Waals surface area contributed by atoms with Crippen LogP contribution in [-0.4, -0.2) is 98.3 Å². The molecule has 0 amide bonds. The van der Waals surface area contributed by atoms with Crippen LogP contribution >= 0.6 is 7.82 Å². The number of phosphoric ester groups is 1. The summed E-state index contributed by atoms with van der Waals surface area (Å²) in [4.78, 5) is 35.2. The van der Waals surface area contributed by atoms with E-state index in [0.717, 1.165) is 19.3 Å². The minimum absolute atomic E-state index is 0.00883. The summed E-state index contributed by atoms with van der Waals surface area (Å²) in [6.45, 7) is 2.96. The molecule has 7 unspecified atom stereocenters. The third kappa shape index (κ3) is 21.4. The van der Waals surface area contributed by atoms with Gasteiger partial charge < -0.3 is 39.9 Å². The van der Waals surface area contributed by atoms with E-state index in [4.69, 9.17) is 18.5 Å². The molecule has 1 aliphatic rings. The molecule has 1 saturated carbocycles. The number of phosphoric acid groups is 1. The molecule has 1 rings (SSSR count). The van der Waals surface area contributed by atoms with Gasteiger partial charge in [0, 0.05) is 12.8 Å². The maximum Gasteiger partial charge on any atom is 0.472 e. The van der Waals surface area contributed by atoms with Gasteiger partial charge in [0.25, 0.3) is 0 Å². The van der Waals surface area contributed by atoms with Crippen LogP contribution in [0.2, 0.25) is 0 Å². The second-order valence-electron chi connectivity index (χ2n) is 12.1. The van der Waals surface area contributed by atoms with Crippen molar-refractivity contribution in [2.45, 2.75) is 134 Å². The SMILES string of the molecule is CC/C=C/C=C/C=C/C=C/C=C/CCCC(=O)OC(COC(=O)CCC/C=C/CCCCCC)COP(=O)(O)OC1C(O)C(O)C(O)[C@@H](O)C1O. The molecular formula is C37H59O13P. The minimum Gasteiger partial charge on any atom is -0.462 e. The molecule has 1 aliphatic carbocycles. The zero-order valence-electron chi connectivity index (χ0n) is 29.9. The summed E-state index contributed by atoms with van der Waals surface area (Å²) in [5.74, 6) is -1.24. The van der Waals surface area contributed by atoms with E-state index >= 15 is 0 Å². The molecule has 0 aromatic rings. The molecule has 0 heterocycles. The van der Waals surface area contributed by atoms with Crippen molar-refractivity contribution in [3.05, 3.63) is 72.9 Å². The average molecular weight is 743 g/mol. The Labute approximate surface area is 302 Å². The molecule has 6 N–H and O–H groups in total. The lowest BCUT2D eigenvalue weighted by atomic mass is 9.85. The Bertz CT molecular complexity index is 1180. The van der Waals surface area contributed by atoms with Crippen LogP contribution in [0.25, 0.3) is 0 Å². The van der Waals surface area contributed by atoms with Crippen LogP contribution in [-0.2, 0) is 32.7 Å². The van der Waals surface area contributed by atoms with Gasteiger partial charge >= 0.3 is 19.8 Å². The monoisotopic (exact) mass is 742 g/mol. The van der Waals surface area contributed by atoms with Crippen molar-refractivity contribution in [1.82, 2.24) is 0 Å². The normalized spacial score (nSPS) is 24.8. The summed E-state index contributed by atoms with van der Waals surface area (Å²) in [5, 5.41) is 49.8. The molecule has 14 heteroatoms. The van der Waals surface area contributed by atoms with Gasteiger partial charge in [0.1, 0.15) is 43.2 Å². The molecule has 0 aromatic heterocycles. The minimum atomic E-state index is -5.13. The Morgan fingerprint density at radius 2 is 1.14 bits per heavy atom. The summed E-state index contributed by atoms with van der Waals surface area (Å²) in [7, 11) is -5.13. The number of esters is 2. The van der Waals surface area contributed by atoms with Gasteiger partial charge in [-0.3, -0.25) is 18.6 Å². The molecular weight excluding hydrogens is 683 g/mol. The van der Waals surface area contributed by atoms with E-state index in [1.54, 1.807) is 0 Å². The lowest BCUT2D eigenvalue weighted by molar-refractivity contribution is -0.220. The molecule has 0 bridgehead atoms. The van der Waals surface area contributed by atoms with Crippen LogP contribution in [0.5, 0.6) is 0 Å². The summed E-state index contributed by atoms with van der Waals surface area (Å²) >= 11 is 0. The van der Waals surface area contributed by atoms with Gasteiger partial charge in [-0.25, -0.2) is 4.57 Å². The lowest BCUT2D eigenvalue weighted by Gasteiger charge is -2.41. The molecule has 0 radical (unpaired) electrons. The topological polar surface area (TPSA) is 210 Å². The van der Waals surface area contributed by atoms with Crippen molar-refractivity contribution < 1.29 is 63.1 Å². The maximum atomic E-state index is 12.7. The van der Waals surface area contributed by atoms with Crippen LogP contribution in [0.4, 0.5) is 0 Å². The molecule has 0 spiro atoms. The fraction of sp³-hybridized carbons (Fsp3) is 0.622. The zero-order chi connectivity index (χ0) is 37.9. The molecule has 8 atom stereocenters. The quantitative estimate of drug-likeness (QED) is 0.0231. The molecule has 290 valence electrons. The lowest BCUT2D eigenvalue weighted by Crippen LogP contribution is -2.64. The third-order valence-corrected chi connectivity index (χ3v) is 8.64. The van der Waals surface area contributed by atoms with Crippen molar-refractivity contribution in [3.8, 4) is 0 Å². The second kappa shape index (κ2) is 27.9. The smallest absolute Gasteiger partial charge is 0.462 e. The number of hydrogen-bond acceptors (Lipinski definition) is 12. The zero-order valence-corrected chi connectivity index (χ0v) is 30.8. The first kappa shape index (κ1) is 46.3. The largest absolute Gasteiger partial charge is 0.472 e. The number of hydrogen-bond donors (Lipinski definition) is 6. The van der Waals surface area contributed by atoms with E-state index in [0.29, 0.717) is 25.7 Å². The fourth-order valence-electron chi connectivity index (χ4n) is 4.73. The maximum absolute atomic E-state index is 12.7. The van der Waals surface area contributed by atoms with E-state index in [-0.39, 0.29) is 12.8 Å². The van der Waals surface area contributed by atoms with Gasteiger partial charge in [-0.15, -0.1) is 0 Å². The predicted molar refractivity (Wildman–Crippen MR) is 193 cm³/mol. The van der Waals surface area contributed by atoms with E-state index in [9.17, 15) is 44.6 Å². The van der Waals surface area contributed by atoms with Crippen LogP contribution < -0.4 is 0 Å². The highest BCUT2D eigenvalue weighted by Crippen LogP contribution is 2.47. The van der Waals surface area contributed by atoms with Gasteiger partial charge in [-0.05, 0) is 44.9 Å². The van der Waals surface area contributed by atoms with Crippen LogP contribution in [0.1, 0.15) is 90.9 Å². The number of carbonyl (C=O) groups is 2. The number of ether oxygens (including phenoxy) is 2. The molecule has 0 saturated heterocycles. The van der Waals surface area contributed by atoms with Gasteiger partial charge in [-0.1, -0.05) is 106 Å². The summed E-state index contributed by atoms with van der Waals surface area (Å²) < 4.78 is 33.1. The number of rotatable bonds is 26. The average Bonchev–Trinajstić information content (AvgIpc) is 3.10. The van der Waals surface area contributed by atoms with Gasteiger partial charge in [-0.2, -0.15) is 0 Å². The fourth-order valence-corrected chi connectivity index (χ4v) is 5.70. The Morgan fingerprint density at radius 1 is 0.627 bits per heavy atom. The number of aliphatic hydroxyl groups excluding tert-OH is 5. The van der Waals surface area contributed by atoms with Crippen molar-refractivity contribution in [2.75, 3.05) is 13.2 Å². The van der Waals surface area contributed by atoms with Gasteiger partial charge in [0.2, 0.25) is 0 Å². The summed E-state index contributed by atoms with van der Waals surface area (Å²) in [6, 6.07) is 0. The number of unbranched alkanes of at least 4 members (excludes halogenated alkanes) is 6. The first-order valence-electron chi connectivity index (χ1n) is 17.8. The first-order chi connectivity index (χ1) is 24.4. The molecule has 0 aromatic carbocycles. The molecule has 51 heavy (non-hydrogen) atoms. The van der Waals surface area contributed by atoms with Crippen LogP contribution in [0.15, 0.2) is 72.9 Å². The highest BCUT2D eigenvalue weighted by atomic mass is 31.2. The van der Waals surface area contributed by atoms with E-state index in [2.05, 4.69) is 26.0 Å². The molecule has 1 fully saturated rings. The van der Waals surface area contributed by atoms with E-state index in [1.807, 2.05) is 60.8 Å². The Balaban J connectivity index is 2.68. The second-order valence-corrected chi connectivity index (χ2v) is 13.5. The third-order valence-electron chi connectivity index (χ3n) is 7.66. The van der Waals surface area contributed by atoms with E-state index < -0.39 is 75.7 Å². The van der Waals surface area contributed by atoms with Gasteiger partial charge in [0.15, 0.2) is 6.10 Å².